The summed E-state index contributed by atoms with van der Waals surface area (Å²) in [5, 5.41) is 7.39. The molecule has 0 bridgehead atoms. The molecule has 2 fully saturated rings. The largest absolute Gasteiger partial charge is 0.377 e. The molecule has 2 aliphatic rings. The number of alkyl halides is 1. The van der Waals surface area contributed by atoms with E-state index in [9.17, 15) is 14.0 Å². The smallest absolute Gasteiger partial charge is 0.252 e. The Bertz CT molecular complexity index is 875. The Morgan fingerprint density at radius 1 is 1.52 bits per heavy atom. The van der Waals surface area contributed by atoms with E-state index in [2.05, 4.69) is 10.4 Å². The van der Waals surface area contributed by atoms with E-state index in [-0.39, 0.29) is 11.5 Å². The van der Waals surface area contributed by atoms with E-state index < -0.39 is 17.6 Å². The lowest BCUT2D eigenvalue weighted by Crippen LogP contribution is -2.43. The second-order valence-corrected chi connectivity index (χ2v) is 6.99. The van der Waals surface area contributed by atoms with Gasteiger partial charge in [-0.3, -0.25) is 9.59 Å². The van der Waals surface area contributed by atoms with Crippen LogP contribution in [0.3, 0.4) is 0 Å². The van der Waals surface area contributed by atoms with Gasteiger partial charge in [-0.05, 0) is 32.3 Å². The van der Waals surface area contributed by atoms with Crippen LogP contribution in [0, 0.1) is 0 Å². The number of fused-ring (bicyclic) bond motifs is 1. The third-order valence-electron chi connectivity index (χ3n) is 5.25. The number of nitrogens with two attached hydrogens (primary N) is 1. The van der Waals surface area contributed by atoms with E-state index in [0.29, 0.717) is 42.7 Å². The van der Waals surface area contributed by atoms with Crippen molar-refractivity contribution in [2.24, 2.45) is 5.73 Å². The molecule has 1 aliphatic carbocycles. The monoisotopic (exact) mass is 345 g/mol. The van der Waals surface area contributed by atoms with E-state index in [4.69, 9.17) is 5.73 Å². The molecule has 0 aromatic carbocycles. The molecule has 0 spiro atoms. The summed E-state index contributed by atoms with van der Waals surface area (Å²) in [5.41, 5.74) is 6.14. The number of anilines is 2. The Hall–Kier alpha value is -2.64. The molecular formula is C17H20FN5O2. The van der Waals surface area contributed by atoms with Gasteiger partial charge in [0.2, 0.25) is 5.91 Å². The Kier molecular flexibility index (Phi) is 3.45. The minimum absolute atomic E-state index is 0.0488. The number of β-lactam (4-membered cyclic amide) rings is 1. The lowest BCUT2D eigenvalue weighted by Gasteiger charge is -2.29. The number of primary amides is 1. The number of rotatable bonds is 4. The number of nitrogens with zero attached hydrogens (tertiary/aromatic N) is 3. The van der Waals surface area contributed by atoms with Gasteiger partial charge in [0, 0.05) is 13.0 Å². The highest BCUT2D eigenvalue weighted by Crippen LogP contribution is 2.37. The molecular weight excluding hydrogens is 325 g/mol. The van der Waals surface area contributed by atoms with Gasteiger partial charge < -0.3 is 16.0 Å². The molecule has 0 unspecified atom stereocenters. The van der Waals surface area contributed by atoms with Gasteiger partial charge >= 0.3 is 0 Å². The van der Waals surface area contributed by atoms with Gasteiger partial charge in [0.25, 0.3) is 5.91 Å². The van der Waals surface area contributed by atoms with Crippen molar-refractivity contribution in [2.75, 3.05) is 16.8 Å². The highest BCUT2D eigenvalue weighted by molar-refractivity contribution is 6.04. The van der Waals surface area contributed by atoms with Crippen LogP contribution in [-0.2, 0) is 4.79 Å². The van der Waals surface area contributed by atoms with E-state index >= 15 is 0 Å². The molecule has 1 saturated heterocycles. The highest BCUT2D eigenvalue weighted by Gasteiger charge is 2.39. The number of halogens is 1. The first-order valence-corrected chi connectivity index (χ1v) is 8.44. The molecule has 2 amide bonds. The van der Waals surface area contributed by atoms with E-state index in [1.165, 1.54) is 6.20 Å². The van der Waals surface area contributed by atoms with Crippen LogP contribution in [0.15, 0.2) is 18.5 Å². The molecule has 3 N–H and O–H groups in total. The van der Waals surface area contributed by atoms with E-state index in [1.54, 1.807) is 28.6 Å². The van der Waals surface area contributed by atoms with E-state index in [1.807, 2.05) is 0 Å². The van der Waals surface area contributed by atoms with Crippen LogP contribution in [0.5, 0.6) is 0 Å². The molecule has 0 radical (unpaired) electrons. The first-order valence-electron chi connectivity index (χ1n) is 8.44. The molecule has 3 heterocycles. The van der Waals surface area contributed by atoms with Crippen molar-refractivity contribution in [3.63, 3.8) is 0 Å². The number of carbonyl (C=O) groups excluding carboxylic acids is 2. The summed E-state index contributed by atoms with van der Waals surface area (Å²) in [4.78, 5) is 25.2. The Morgan fingerprint density at radius 3 is 2.88 bits per heavy atom. The molecule has 2 aromatic rings. The molecule has 7 nitrogen and oxygen atoms in total. The van der Waals surface area contributed by atoms with Crippen molar-refractivity contribution in [1.29, 1.82) is 0 Å². The average molecular weight is 345 g/mol. The first kappa shape index (κ1) is 15.9. The predicted molar refractivity (Wildman–Crippen MR) is 91.5 cm³/mol. The van der Waals surface area contributed by atoms with Gasteiger partial charge in [0.05, 0.1) is 40.9 Å². The summed E-state index contributed by atoms with van der Waals surface area (Å²) in [7, 11) is 0. The Labute approximate surface area is 144 Å². The molecule has 2 aromatic heterocycles. The topological polar surface area (TPSA) is 92.7 Å². The molecule has 2 atom stereocenters. The maximum Gasteiger partial charge on any atom is 0.252 e. The minimum Gasteiger partial charge on any atom is -0.377 e. The highest BCUT2D eigenvalue weighted by atomic mass is 19.1. The number of aromatic nitrogens is 2. The fourth-order valence-corrected chi connectivity index (χ4v) is 3.64. The molecule has 4 rings (SSSR count). The summed E-state index contributed by atoms with van der Waals surface area (Å²) < 4.78 is 16.3. The quantitative estimate of drug-likeness (QED) is 0.827. The standard InChI is InChI=1S/C17H20FN5O2/c1-17(18)5-2-3-13(17)21-15-11(16(19)25)8-20-23-9-10(7-12(15)23)22-6-4-14(22)24/h7-9,13,21H,2-6H2,1H3,(H2,19,25)/t13-,17+/m1/s1. The first-order chi connectivity index (χ1) is 11.9. The van der Waals surface area contributed by atoms with Crippen molar-refractivity contribution >= 4 is 28.7 Å². The zero-order valence-electron chi connectivity index (χ0n) is 14.0. The van der Waals surface area contributed by atoms with Crippen molar-refractivity contribution in [2.45, 2.75) is 44.3 Å². The van der Waals surface area contributed by atoms with Crippen LogP contribution in [0.1, 0.15) is 43.0 Å². The fraction of sp³-hybridized carbons (Fsp3) is 0.471. The predicted octanol–water partition coefficient (Wildman–Crippen LogP) is 1.86. The second-order valence-electron chi connectivity index (χ2n) is 6.99. The van der Waals surface area contributed by atoms with Gasteiger partial charge in [0.15, 0.2) is 0 Å². The van der Waals surface area contributed by atoms with Crippen LogP contribution in [0.4, 0.5) is 15.8 Å². The SMILES string of the molecule is C[C@]1(F)CCC[C@H]1Nc1c(C(N)=O)cnn2cc(N3CCC3=O)cc12. The normalized spacial score (nSPS) is 26.1. The number of carbonyl (C=O) groups is 2. The summed E-state index contributed by atoms with van der Waals surface area (Å²) in [6.45, 7) is 2.23. The molecule has 1 saturated carbocycles. The molecule has 132 valence electrons. The lowest BCUT2D eigenvalue weighted by molar-refractivity contribution is -0.122. The summed E-state index contributed by atoms with van der Waals surface area (Å²) in [5.74, 6) is -0.577. The van der Waals surface area contributed by atoms with Crippen molar-refractivity contribution in [3.8, 4) is 0 Å². The summed E-state index contributed by atoms with van der Waals surface area (Å²) in [6.07, 6.45) is 5.58. The molecule has 25 heavy (non-hydrogen) atoms. The van der Waals surface area contributed by atoms with Gasteiger partial charge in [-0.1, -0.05) is 0 Å². The number of nitrogens with one attached hydrogen (secondary N) is 1. The maximum atomic E-state index is 14.7. The van der Waals surface area contributed by atoms with Crippen LogP contribution >= 0.6 is 0 Å². The number of hydrogen-bond donors (Lipinski definition) is 2. The number of hydrogen-bond acceptors (Lipinski definition) is 4. The van der Waals surface area contributed by atoms with Gasteiger partial charge in [0.1, 0.15) is 5.67 Å². The number of amides is 2. The zero-order valence-corrected chi connectivity index (χ0v) is 14.0. The van der Waals surface area contributed by atoms with Crippen molar-refractivity contribution in [1.82, 2.24) is 9.61 Å². The lowest BCUT2D eigenvalue weighted by atomic mass is 10.0. The maximum absolute atomic E-state index is 14.7. The van der Waals surface area contributed by atoms with Crippen LogP contribution in [0.2, 0.25) is 0 Å². The average Bonchev–Trinajstić information content (AvgIpc) is 3.09. The van der Waals surface area contributed by atoms with Crippen molar-refractivity contribution < 1.29 is 14.0 Å². The molecule has 1 aliphatic heterocycles. The minimum atomic E-state index is -1.35. The van der Waals surface area contributed by atoms with Gasteiger partial charge in [-0.2, -0.15) is 5.10 Å². The summed E-state index contributed by atoms with van der Waals surface area (Å²) in [6, 6.07) is 1.38. The Balaban J connectivity index is 1.79. The Morgan fingerprint density at radius 2 is 2.32 bits per heavy atom. The molecule has 8 heteroatoms. The third kappa shape index (κ3) is 2.52. The summed E-state index contributed by atoms with van der Waals surface area (Å²) >= 11 is 0. The van der Waals surface area contributed by atoms with Crippen LogP contribution < -0.4 is 16.0 Å². The third-order valence-corrected chi connectivity index (χ3v) is 5.25. The van der Waals surface area contributed by atoms with Crippen LogP contribution in [0.25, 0.3) is 5.52 Å². The van der Waals surface area contributed by atoms with Crippen LogP contribution in [-0.4, -0.2) is 39.7 Å². The van der Waals surface area contributed by atoms with E-state index in [0.717, 1.165) is 6.42 Å². The van der Waals surface area contributed by atoms with Crippen molar-refractivity contribution in [3.05, 3.63) is 24.0 Å². The zero-order chi connectivity index (χ0) is 17.8. The van der Waals surface area contributed by atoms with Gasteiger partial charge in [-0.25, -0.2) is 8.91 Å². The second kappa shape index (κ2) is 5.44. The fourth-order valence-electron chi connectivity index (χ4n) is 3.64. The van der Waals surface area contributed by atoms with Gasteiger partial charge in [-0.15, -0.1) is 0 Å².